The lowest BCUT2D eigenvalue weighted by atomic mass is 9.82. The van der Waals surface area contributed by atoms with E-state index in [2.05, 4.69) is 0 Å². The first-order valence-corrected chi connectivity index (χ1v) is 11.1. The first kappa shape index (κ1) is 22.1. The molecule has 2 heterocycles. The summed E-state index contributed by atoms with van der Waals surface area (Å²) in [5.74, 6) is 1.37. The average Bonchev–Trinajstić information content (AvgIpc) is 2.79. The second-order valence-electron chi connectivity index (χ2n) is 8.85. The second-order valence-corrected chi connectivity index (χ2v) is 8.85. The summed E-state index contributed by atoms with van der Waals surface area (Å²) in [5, 5.41) is 0. The Morgan fingerprint density at radius 1 is 1.03 bits per heavy atom. The number of amides is 1. The molecule has 0 aromatic heterocycles. The third-order valence-corrected chi connectivity index (χ3v) is 6.71. The van der Waals surface area contributed by atoms with E-state index in [9.17, 15) is 14.4 Å². The van der Waals surface area contributed by atoms with E-state index in [4.69, 9.17) is 9.47 Å². The molecule has 4 rings (SSSR count). The topological polar surface area (TPSA) is 72.9 Å². The van der Waals surface area contributed by atoms with Gasteiger partial charge in [-0.25, -0.2) is 0 Å². The molecule has 0 unspecified atom stereocenters. The number of fused-ring (bicyclic) bond motifs is 1. The standard InChI is InChI=1S/C26H29NO5/c1-17-14-21-23(29)16-26(32-24(21)15-18(17)2)10-12-27(13-11-26)25(30)9-8-22(28)19-4-6-20(31-3)7-5-19/h4-7,14-15H,8-13,16H2,1-3H3. The van der Waals surface area contributed by atoms with Crippen LogP contribution < -0.4 is 9.47 Å². The van der Waals surface area contributed by atoms with Crippen LogP contribution in [-0.4, -0.2) is 48.2 Å². The molecule has 0 atom stereocenters. The molecule has 0 aliphatic carbocycles. The summed E-state index contributed by atoms with van der Waals surface area (Å²) in [6, 6.07) is 10.8. The number of rotatable bonds is 5. The van der Waals surface area contributed by atoms with Crippen molar-refractivity contribution in [3.05, 3.63) is 58.7 Å². The molecule has 6 nitrogen and oxygen atoms in total. The molecule has 1 spiro atoms. The van der Waals surface area contributed by atoms with Crippen LogP contribution in [0, 0.1) is 13.8 Å². The number of methoxy groups -OCH3 is 1. The van der Waals surface area contributed by atoms with Crippen LogP contribution in [0.2, 0.25) is 0 Å². The fraction of sp³-hybridized carbons (Fsp3) is 0.423. The molecule has 2 aliphatic rings. The van der Waals surface area contributed by atoms with Gasteiger partial charge < -0.3 is 14.4 Å². The molecule has 1 fully saturated rings. The first-order valence-electron chi connectivity index (χ1n) is 11.1. The van der Waals surface area contributed by atoms with Crippen LogP contribution in [0.4, 0.5) is 0 Å². The third-order valence-electron chi connectivity index (χ3n) is 6.71. The summed E-state index contributed by atoms with van der Waals surface area (Å²) in [6.07, 6.45) is 1.93. The largest absolute Gasteiger partial charge is 0.497 e. The highest BCUT2D eigenvalue weighted by atomic mass is 16.5. The van der Waals surface area contributed by atoms with Crippen molar-refractivity contribution < 1.29 is 23.9 Å². The van der Waals surface area contributed by atoms with Gasteiger partial charge >= 0.3 is 0 Å². The number of piperidine rings is 1. The Balaban J connectivity index is 1.33. The van der Waals surface area contributed by atoms with Gasteiger partial charge in [-0.3, -0.25) is 14.4 Å². The van der Waals surface area contributed by atoms with Crippen LogP contribution in [-0.2, 0) is 4.79 Å². The summed E-state index contributed by atoms with van der Waals surface area (Å²) >= 11 is 0. The quantitative estimate of drug-likeness (QED) is 0.655. The molecule has 6 heteroatoms. The summed E-state index contributed by atoms with van der Waals surface area (Å²) in [6.45, 7) is 5.07. The summed E-state index contributed by atoms with van der Waals surface area (Å²) in [4.78, 5) is 39.7. The highest BCUT2D eigenvalue weighted by Crippen LogP contribution is 2.40. The molecule has 2 aromatic carbocycles. The second kappa shape index (κ2) is 8.77. The maximum atomic E-state index is 12.8. The number of nitrogens with zero attached hydrogens (tertiary/aromatic N) is 1. The monoisotopic (exact) mass is 435 g/mol. The van der Waals surface area contributed by atoms with Crippen molar-refractivity contribution in [1.82, 2.24) is 4.90 Å². The first-order chi connectivity index (χ1) is 15.3. The van der Waals surface area contributed by atoms with E-state index in [1.807, 2.05) is 26.0 Å². The number of likely N-dealkylation sites (tertiary alicyclic amines) is 1. The molecule has 32 heavy (non-hydrogen) atoms. The zero-order valence-corrected chi connectivity index (χ0v) is 18.9. The molecule has 0 radical (unpaired) electrons. The van der Waals surface area contributed by atoms with Gasteiger partial charge in [0, 0.05) is 44.3 Å². The Labute approximate surface area is 188 Å². The van der Waals surface area contributed by atoms with Gasteiger partial charge in [-0.1, -0.05) is 0 Å². The van der Waals surface area contributed by atoms with Crippen molar-refractivity contribution in [3.8, 4) is 11.5 Å². The van der Waals surface area contributed by atoms with Crippen LogP contribution in [0.15, 0.2) is 36.4 Å². The maximum absolute atomic E-state index is 12.8. The fourth-order valence-corrected chi connectivity index (χ4v) is 4.49. The number of hydrogen-bond donors (Lipinski definition) is 0. The molecule has 2 aromatic rings. The van der Waals surface area contributed by atoms with Crippen molar-refractivity contribution in [2.45, 2.75) is 51.6 Å². The number of Topliss-reactive ketones (excluding diaryl/α,β-unsaturated/α-hetero) is 2. The van der Waals surface area contributed by atoms with Crippen molar-refractivity contribution in [2.24, 2.45) is 0 Å². The molecular formula is C26H29NO5. The molecule has 168 valence electrons. The van der Waals surface area contributed by atoms with Crippen LogP contribution >= 0.6 is 0 Å². The smallest absolute Gasteiger partial charge is 0.223 e. The van der Waals surface area contributed by atoms with Gasteiger partial charge in [0.2, 0.25) is 5.91 Å². The predicted octanol–water partition coefficient (Wildman–Crippen LogP) is 4.30. The number of ketones is 2. The van der Waals surface area contributed by atoms with Gasteiger partial charge in [-0.15, -0.1) is 0 Å². The lowest BCUT2D eigenvalue weighted by molar-refractivity contribution is -0.134. The normalized spacial score (nSPS) is 17.0. The minimum atomic E-state index is -0.540. The number of benzene rings is 2. The van der Waals surface area contributed by atoms with E-state index < -0.39 is 5.60 Å². The lowest BCUT2D eigenvalue weighted by Crippen LogP contribution is -2.52. The summed E-state index contributed by atoms with van der Waals surface area (Å²) in [7, 11) is 1.58. The number of aryl methyl sites for hydroxylation is 2. The van der Waals surface area contributed by atoms with E-state index in [1.165, 1.54) is 0 Å². The van der Waals surface area contributed by atoms with Gasteiger partial charge in [0.25, 0.3) is 0 Å². The van der Waals surface area contributed by atoms with Crippen LogP contribution in [0.1, 0.15) is 63.9 Å². The van der Waals surface area contributed by atoms with Gasteiger partial charge in [0.15, 0.2) is 11.6 Å². The molecule has 0 bridgehead atoms. The zero-order valence-electron chi connectivity index (χ0n) is 18.9. The van der Waals surface area contributed by atoms with Gasteiger partial charge in [-0.05, 0) is 61.4 Å². The molecule has 1 amide bonds. The van der Waals surface area contributed by atoms with E-state index in [0.717, 1.165) is 11.1 Å². The maximum Gasteiger partial charge on any atom is 0.223 e. The minimum Gasteiger partial charge on any atom is -0.497 e. The van der Waals surface area contributed by atoms with Crippen molar-refractivity contribution in [2.75, 3.05) is 20.2 Å². The number of carbonyl (C=O) groups is 3. The SMILES string of the molecule is COc1ccc(C(=O)CCC(=O)N2CCC3(CC2)CC(=O)c2cc(C)c(C)cc2O3)cc1. The minimum absolute atomic E-state index is 0.0317. The highest BCUT2D eigenvalue weighted by molar-refractivity contribution is 6.01. The lowest BCUT2D eigenvalue weighted by Gasteiger charge is -2.44. The zero-order chi connectivity index (χ0) is 22.9. The van der Waals surface area contributed by atoms with Crippen LogP contribution in [0.3, 0.4) is 0 Å². The Hall–Kier alpha value is -3.15. The Morgan fingerprint density at radius 2 is 1.69 bits per heavy atom. The van der Waals surface area contributed by atoms with Crippen LogP contribution in [0.5, 0.6) is 11.5 Å². The number of hydrogen-bond acceptors (Lipinski definition) is 5. The van der Waals surface area contributed by atoms with Gasteiger partial charge in [-0.2, -0.15) is 0 Å². The molecule has 2 aliphatic heterocycles. The summed E-state index contributed by atoms with van der Waals surface area (Å²) in [5.41, 5.74) is 2.88. The molecule has 0 saturated carbocycles. The molecule has 1 saturated heterocycles. The Kier molecular flexibility index (Phi) is 6.04. The van der Waals surface area contributed by atoms with Crippen LogP contribution in [0.25, 0.3) is 0 Å². The van der Waals surface area contributed by atoms with Crippen molar-refractivity contribution in [3.63, 3.8) is 0 Å². The Morgan fingerprint density at radius 3 is 2.34 bits per heavy atom. The third kappa shape index (κ3) is 4.40. The van der Waals surface area contributed by atoms with E-state index in [-0.39, 0.29) is 30.3 Å². The fourth-order valence-electron chi connectivity index (χ4n) is 4.49. The van der Waals surface area contributed by atoms with Crippen molar-refractivity contribution in [1.29, 1.82) is 0 Å². The predicted molar refractivity (Wildman–Crippen MR) is 121 cm³/mol. The average molecular weight is 436 g/mol. The van der Waals surface area contributed by atoms with E-state index in [1.54, 1.807) is 36.3 Å². The number of ether oxygens (including phenoxy) is 2. The van der Waals surface area contributed by atoms with Gasteiger partial charge in [0.05, 0.1) is 19.1 Å². The van der Waals surface area contributed by atoms with E-state index >= 15 is 0 Å². The highest BCUT2D eigenvalue weighted by Gasteiger charge is 2.43. The molecular weight excluding hydrogens is 406 g/mol. The van der Waals surface area contributed by atoms with Crippen molar-refractivity contribution >= 4 is 17.5 Å². The number of carbonyl (C=O) groups excluding carboxylic acids is 3. The summed E-state index contributed by atoms with van der Waals surface area (Å²) < 4.78 is 11.5. The molecule has 0 N–H and O–H groups in total. The Bertz CT molecular complexity index is 1050. The van der Waals surface area contributed by atoms with Gasteiger partial charge in [0.1, 0.15) is 17.1 Å². The van der Waals surface area contributed by atoms with E-state index in [0.29, 0.717) is 55.0 Å².